The number of hydrogen-bond donors (Lipinski definition) is 1. The van der Waals surface area contributed by atoms with Crippen LogP contribution >= 0.6 is 0 Å². The highest BCUT2D eigenvalue weighted by atomic mass is 16.4. The summed E-state index contributed by atoms with van der Waals surface area (Å²) in [6.45, 7) is 8.85. The third-order valence-corrected chi connectivity index (χ3v) is 3.30. The van der Waals surface area contributed by atoms with Crippen LogP contribution in [-0.4, -0.2) is 48.7 Å². The molecule has 98 valence electrons. The van der Waals surface area contributed by atoms with Gasteiger partial charge >= 0.3 is 0 Å². The maximum absolute atomic E-state index is 10.9. The smallest absolute Gasteiger partial charge is 0.226 e. The van der Waals surface area contributed by atoms with Crippen LogP contribution in [-0.2, 0) is 0 Å². The summed E-state index contributed by atoms with van der Waals surface area (Å²) in [5.41, 5.74) is 0.618. The quantitative estimate of drug-likeness (QED) is 0.663. The molecule has 1 saturated heterocycles. The molecular formula is C12H18N4O2. The predicted molar refractivity (Wildman–Crippen MR) is 64.6 cm³/mol. The molecule has 1 N–H and O–H groups in total. The Morgan fingerprint density at radius 2 is 2.11 bits per heavy atom. The number of likely N-dealkylation sites (N-methyl/N-ethyl adjacent to an activating group) is 1. The summed E-state index contributed by atoms with van der Waals surface area (Å²) < 4.78 is 0. The third-order valence-electron chi connectivity index (χ3n) is 3.30. The average Bonchev–Trinajstić information content (AvgIpc) is 2.38. The van der Waals surface area contributed by atoms with E-state index in [-0.39, 0.29) is 5.69 Å². The second-order valence-corrected chi connectivity index (χ2v) is 4.57. The Morgan fingerprint density at radius 1 is 1.44 bits per heavy atom. The zero-order valence-corrected chi connectivity index (χ0v) is 10.8. The van der Waals surface area contributed by atoms with Crippen LogP contribution in [0.1, 0.15) is 23.1 Å². The number of hydrogen-bond acceptors (Lipinski definition) is 5. The highest BCUT2D eigenvalue weighted by Crippen LogP contribution is 2.10. The summed E-state index contributed by atoms with van der Waals surface area (Å²) in [5.74, 6) is -0.746. The average molecular weight is 250 g/mol. The van der Waals surface area contributed by atoms with Crippen LogP contribution in [0.15, 0.2) is 6.07 Å². The van der Waals surface area contributed by atoms with Crippen LogP contribution in [0.3, 0.4) is 0 Å². The van der Waals surface area contributed by atoms with E-state index in [0.29, 0.717) is 11.6 Å². The second kappa shape index (κ2) is 5.30. The van der Waals surface area contributed by atoms with Crippen molar-refractivity contribution < 1.29 is 14.8 Å². The van der Waals surface area contributed by atoms with Gasteiger partial charge in [0, 0.05) is 5.69 Å². The van der Waals surface area contributed by atoms with Crippen molar-refractivity contribution in [3.8, 4) is 0 Å². The number of aryl methyl sites for hydroxylation is 1. The van der Waals surface area contributed by atoms with Gasteiger partial charge in [-0.15, -0.1) is 0 Å². The maximum Gasteiger partial charge on any atom is 0.226 e. The van der Waals surface area contributed by atoms with Crippen LogP contribution in [0.25, 0.3) is 0 Å². The van der Waals surface area contributed by atoms with E-state index in [1.165, 1.54) is 6.07 Å². The van der Waals surface area contributed by atoms with Crippen molar-refractivity contribution in [2.45, 2.75) is 13.8 Å². The molecular weight excluding hydrogens is 232 g/mol. The lowest BCUT2D eigenvalue weighted by Crippen LogP contribution is -3.14. The van der Waals surface area contributed by atoms with Crippen LogP contribution in [0.4, 0.5) is 5.95 Å². The molecule has 1 aromatic heterocycles. The molecule has 0 amide bonds. The van der Waals surface area contributed by atoms with Crippen molar-refractivity contribution in [2.24, 2.45) is 0 Å². The molecule has 1 fully saturated rings. The van der Waals surface area contributed by atoms with E-state index in [9.17, 15) is 9.90 Å². The summed E-state index contributed by atoms with van der Waals surface area (Å²) in [4.78, 5) is 22.8. The monoisotopic (exact) mass is 250 g/mol. The van der Waals surface area contributed by atoms with Gasteiger partial charge < -0.3 is 19.7 Å². The van der Waals surface area contributed by atoms with E-state index in [2.05, 4.69) is 16.9 Å². The lowest BCUT2D eigenvalue weighted by Gasteiger charge is -2.31. The first-order valence-electron chi connectivity index (χ1n) is 6.25. The molecule has 0 spiro atoms. The zero-order chi connectivity index (χ0) is 13.1. The Bertz CT molecular complexity index is 442. The van der Waals surface area contributed by atoms with Crippen molar-refractivity contribution in [1.29, 1.82) is 0 Å². The van der Waals surface area contributed by atoms with Gasteiger partial charge in [-0.1, -0.05) is 0 Å². The maximum atomic E-state index is 10.9. The van der Waals surface area contributed by atoms with Crippen LogP contribution in [0.2, 0.25) is 0 Å². The molecule has 6 nitrogen and oxygen atoms in total. The molecule has 0 unspecified atom stereocenters. The first-order chi connectivity index (χ1) is 8.60. The van der Waals surface area contributed by atoms with Gasteiger partial charge in [-0.05, 0) is 19.9 Å². The standard InChI is InChI=1S/C12H18N4O2/c1-3-15-4-6-16(7-5-15)12-13-9(2)8-10(14-12)11(17)18/h8H,3-7H2,1-2H3,(H,17,18). The lowest BCUT2D eigenvalue weighted by atomic mass is 10.3. The first kappa shape index (κ1) is 12.8. The minimum atomic E-state index is -1.25. The van der Waals surface area contributed by atoms with E-state index in [1.54, 1.807) is 11.8 Å². The van der Waals surface area contributed by atoms with Crippen molar-refractivity contribution in [3.05, 3.63) is 17.5 Å². The first-order valence-corrected chi connectivity index (χ1v) is 6.25. The number of carbonyl (C=O) groups excluding carboxylic acids is 1. The van der Waals surface area contributed by atoms with E-state index >= 15 is 0 Å². The number of carboxylic acids is 1. The van der Waals surface area contributed by atoms with Gasteiger partial charge in [0.25, 0.3) is 0 Å². The summed E-state index contributed by atoms with van der Waals surface area (Å²) >= 11 is 0. The number of anilines is 1. The molecule has 0 aromatic carbocycles. The number of carboxylic acid groups (broad SMARTS) is 1. The van der Waals surface area contributed by atoms with Gasteiger partial charge in [-0.25, -0.2) is 9.97 Å². The zero-order valence-electron chi connectivity index (χ0n) is 10.8. The van der Waals surface area contributed by atoms with Crippen molar-refractivity contribution >= 4 is 11.9 Å². The predicted octanol–water partition coefficient (Wildman–Crippen LogP) is -2.13. The van der Waals surface area contributed by atoms with E-state index in [0.717, 1.165) is 32.7 Å². The summed E-state index contributed by atoms with van der Waals surface area (Å²) in [6.07, 6.45) is 0. The number of aromatic nitrogens is 2. The molecule has 0 radical (unpaired) electrons. The van der Waals surface area contributed by atoms with Crippen molar-refractivity contribution in [2.75, 3.05) is 37.6 Å². The van der Waals surface area contributed by atoms with Crippen molar-refractivity contribution in [3.63, 3.8) is 0 Å². The van der Waals surface area contributed by atoms with Gasteiger partial charge in [-0.3, -0.25) is 0 Å². The van der Waals surface area contributed by atoms with Gasteiger partial charge in [0.05, 0.1) is 44.4 Å². The Balaban J connectivity index is 2.16. The van der Waals surface area contributed by atoms with Crippen LogP contribution < -0.4 is 14.9 Å². The largest absolute Gasteiger partial charge is 0.543 e. The fourth-order valence-corrected chi connectivity index (χ4v) is 2.18. The van der Waals surface area contributed by atoms with E-state index in [1.807, 2.05) is 4.90 Å². The Morgan fingerprint density at radius 3 is 2.67 bits per heavy atom. The molecule has 0 bridgehead atoms. The fourth-order valence-electron chi connectivity index (χ4n) is 2.18. The normalized spacial score (nSPS) is 16.9. The summed E-state index contributed by atoms with van der Waals surface area (Å²) in [6, 6.07) is 1.44. The molecule has 0 aliphatic carbocycles. The minimum absolute atomic E-state index is 0.0391. The molecule has 0 saturated carbocycles. The summed E-state index contributed by atoms with van der Waals surface area (Å²) in [5, 5.41) is 10.9. The topological polar surface area (TPSA) is 73.6 Å². The molecule has 1 aliphatic heterocycles. The molecule has 2 heterocycles. The highest BCUT2D eigenvalue weighted by Gasteiger charge is 2.21. The van der Waals surface area contributed by atoms with Gasteiger partial charge in [-0.2, -0.15) is 0 Å². The number of piperazine rings is 1. The number of aromatic carboxylic acids is 1. The molecule has 18 heavy (non-hydrogen) atoms. The Hall–Kier alpha value is -1.69. The van der Waals surface area contributed by atoms with Gasteiger partial charge in [0.1, 0.15) is 0 Å². The second-order valence-electron chi connectivity index (χ2n) is 4.57. The van der Waals surface area contributed by atoms with E-state index in [4.69, 9.17) is 0 Å². The number of rotatable bonds is 3. The highest BCUT2D eigenvalue weighted by molar-refractivity contribution is 5.83. The fraction of sp³-hybridized carbons (Fsp3) is 0.583. The number of quaternary nitrogens is 1. The summed E-state index contributed by atoms with van der Waals surface area (Å²) in [7, 11) is 0. The van der Waals surface area contributed by atoms with Gasteiger partial charge in [0.15, 0.2) is 0 Å². The number of nitrogens with zero attached hydrogens (tertiary/aromatic N) is 3. The molecule has 0 atom stereocenters. The number of nitrogens with one attached hydrogen (secondary N) is 1. The van der Waals surface area contributed by atoms with Crippen LogP contribution in [0, 0.1) is 6.92 Å². The SMILES string of the molecule is CC[NH+]1CCN(c2nc(C)cc(C(=O)[O-])n2)CC1. The molecule has 2 rings (SSSR count). The van der Waals surface area contributed by atoms with Gasteiger partial charge in [0.2, 0.25) is 5.95 Å². The van der Waals surface area contributed by atoms with Crippen molar-refractivity contribution in [1.82, 2.24) is 9.97 Å². The lowest BCUT2D eigenvalue weighted by molar-refractivity contribution is -0.898. The Kier molecular flexibility index (Phi) is 3.76. The Labute approximate surface area is 106 Å². The molecule has 1 aliphatic rings. The molecule has 6 heteroatoms. The number of carbonyl (C=O) groups is 1. The third kappa shape index (κ3) is 2.76. The molecule has 1 aromatic rings. The van der Waals surface area contributed by atoms with E-state index < -0.39 is 5.97 Å². The minimum Gasteiger partial charge on any atom is -0.543 e. The van der Waals surface area contributed by atoms with Crippen LogP contribution in [0.5, 0.6) is 0 Å².